The Morgan fingerprint density at radius 1 is 1.12 bits per heavy atom. The van der Waals surface area contributed by atoms with E-state index in [1.165, 1.54) is 19.1 Å². The first kappa shape index (κ1) is 24.8. The van der Waals surface area contributed by atoms with E-state index in [0.29, 0.717) is 12.0 Å². The van der Waals surface area contributed by atoms with Gasteiger partial charge in [0.1, 0.15) is 43.4 Å². The van der Waals surface area contributed by atoms with Crippen LogP contribution in [0.25, 0.3) is 0 Å². The van der Waals surface area contributed by atoms with Crippen molar-refractivity contribution in [1.82, 2.24) is 0 Å². The van der Waals surface area contributed by atoms with Crippen molar-refractivity contribution < 1.29 is 53.8 Å². The van der Waals surface area contributed by atoms with Crippen LogP contribution in [0.4, 0.5) is 0 Å². The highest BCUT2D eigenvalue weighted by Crippen LogP contribution is 2.28. The number of ketones is 1. The second kappa shape index (κ2) is 10.4. The highest BCUT2D eigenvalue weighted by molar-refractivity contribution is 6.09. The number of hydrogen-bond acceptors (Lipinski definition) is 11. The van der Waals surface area contributed by atoms with Gasteiger partial charge in [-0.05, 0) is 18.6 Å². The molecule has 1 fully saturated rings. The van der Waals surface area contributed by atoms with Gasteiger partial charge in [-0.2, -0.15) is 0 Å². The maximum Gasteiger partial charge on any atom is 0.350 e. The molecule has 1 aliphatic carbocycles. The number of rotatable bonds is 7. The molecule has 1 aromatic rings. The van der Waals surface area contributed by atoms with Gasteiger partial charge in [0, 0.05) is 18.9 Å². The molecule has 6 atom stereocenters. The molecular formula is C22H26O11. The van der Waals surface area contributed by atoms with Crippen molar-refractivity contribution >= 4 is 17.7 Å². The number of aliphatic hydroxyl groups excluding tert-OH is 3. The van der Waals surface area contributed by atoms with E-state index in [1.54, 1.807) is 18.2 Å². The van der Waals surface area contributed by atoms with Crippen LogP contribution < -0.4 is 4.74 Å². The fourth-order valence-corrected chi connectivity index (χ4v) is 3.40. The van der Waals surface area contributed by atoms with Crippen molar-refractivity contribution in [3.63, 3.8) is 0 Å². The molecule has 0 saturated carbocycles. The lowest BCUT2D eigenvalue weighted by molar-refractivity contribution is -0.278. The zero-order valence-corrected chi connectivity index (χ0v) is 17.8. The van der Waals surface area contributed by atoms with E-state index in [2.05, 4.69) is 0 Å². The average Bonchev–Trinajstić information content (AvgIpc) is 2.79. The van der Waals surface area contributed by atoms with Crippen LogP contribution in [0, 0.1) is 0 Å². The third-order valence-electron chi connectivity index (χ3n) is 5.33. The third kappa shape index (κ3) is 5.57. The molecule has 1 heterocycles. The SMILES string of the molecule is CC(=O)OC[C@@H]1O[C@H](Oc2ccccc2COC(=O)C2(O)C=CCCC2=O)[C@@H](O)[C@H](O)[C@H]1O. The van der Waals surface area contributed by atoms with Gasteiger partial charge < -0.3 is 39.4 Å². The zero-order valence-electron chi connectivity index (χ0n) is 17.8. The number of Topliss-reactive ketones (excluding diaryl/α,β-unsaturated/α-hetero) is 1. The van der Waals surface area contributed by atoms with Crippen LogP contribution in [0.15, 0.2) is 36.4 Å². The first-order valence-electron chi connectivity index (χ1n) is 10.3. The fraction of sp³-hybridized carbons (Fsp3) is 0.500. The second-order valence-corrected chi connectivity index (χ2v) is 7.75. The molecule has 11 nitrogen and oxygen atoms in total. The lowest BCUT2D eigenvalue weighted by atomic mass is 9.90. The van der Waals surface area contributed by atoms with E-state index in [0.717, 1.165) is 6.08 Å². The van der Waals surface area contributed by atoms with Crippen LogP contribution in [-0.4, -0.2) is 81.1 Å². The van der Waals surface area contributed by atoms with Crippen molar-refractivity contribution in [1.29, 1.82) is 0 Å². The van der Waals surface area contributed by atoms with Crippen molar-refractivity contribution in [3.05, 3.63) is 42.0 Å². The minimum Gasteiger partial charge on any atom is -0.463 e. The number of carbonyl (C=O) groups excluding carboxylic acids is 3. The molecular weight excluding hydrogens is 440 g/mol. The van der Waals surface area contributed by atoms with Crippen molar-refractivity contribution in [2.24, 2.45) is 0 Å². The molecule has 1 unspecified atom stereocenters. The summed E-state index contributed by atoms with van der Waals surface area (Å²) in [6.07, 6.45) is -4.37. The van der Waals surface area contributed by atoms with Gasteiger partial charge in [0.05, 0.1) is 0 Å². The maximum atomic E-state index is 12.4. The highest BCUT2D eigenvalue weighted by Gasteiger charge is 2.46. The highest BCUT2D eigenvalue weighted by atomic mass is 16.7. The maximum absolute atomic E-state index is 12.4. The summed E-state index contributed by atoms with van der Waals surface area (Å²) in [6.45, 7) is 0.419. The van der Waals surface area contributed by atoms with E-state index < -0.39 is 54.0 Å². The fourth-order valence-electron chi connectivity index (χ4n) is 3.40. The van der Waals surface area contributed by atoms with Gasteiger partial charge in [0.2, 0.25) is 11.9 Å². The van der Waals surface area contributed by atoms with Crippen molar-refractivity contribution in [3.8, 4) is 5.75 Å². The molecule has 33 heavy (non-hydrogen) atoms. The summed E-state index contributed by atoms with van der Waals surface area (Å²) in [5, 5.41) is 40.8. The number of esters is 2. The Bertz CT molecular complexity index is 913. The van der Waals surface area contributed by atoms with Gasteiger partial charge in [-0.1, -0.05) is 24.3 Å². The van der Waals surface area contributed by atoms with Gasteiger partial charge in [0.25, 0.3) is 0 Å². The van der Waals surface area contributed by atoms with Gasteiger partial charge in [-0.25, -0.2) is 4.79 Å². The smallest absolute Gasteiger partial charge is 0.350 e. The number of benzene rings is 1. The van der Waals surface area contributed by atoms with Crippen LogP contribution in [0.3, 0.4) is 0 Å². The molecule has 2 aliphatic rings. The van der Waals surface area contributed by atoms with E-state index in [9.17, 15) is 34.8 Å². The van der Waals surface area contributed by atoms with Crippen LogP contribution in [0.1, 0.15) is 25.3 Å². The van der Waals surface area contributed by atoms with Gasteiger partial charge >= 0.3 is 11.9 Å². The number of ether oxygens (including phenoxy) is 4. The Hall–Kier alpha value is -2.83. The van der Waals surface area contributed by atoms with Crippen LogP contribution >= 0.6 is 0 Å². The molecule has 4 N–H and O–H groups in total. The first-order valence-corrected chi connectivity index (χ1v) is 10.3. The molecule has 0 amide bonds. The largest absolute Gasteiger partial charge is 0.463 e. The molecule has 0 aromatic heterocycles. The Labute approximate surface area is 189 Å². The molecule has 1 saturated heterocycles. The Morgan fingerprint density at radius 2 is 1.85 bits per heavy atom. The minimum absolute atomic E-state index is 0.0153. The topological polar surface area (TPSA) is 169 Å². The quantitative estimate of drug-likeness (QED) is 0.224. The number of allylic oxidation sites excluding steroid dienone is 1. The third-order valence-corrected chi connectivity index (χ3v) is 5.33. The number of carbonyl (C=O) groups is 3. The molecule has 0 radical (unpaired) electrons. The zero-order chi connectivity index (χ0) is 24.2. The summed E-state index contributed by atoms with van der Waals surface area (Å²) in [5.41, 5.74) is -2.03. The number of aliphatic hydroxyl groups is 4. The predicted molar refractivity (Wildman–Crippen MR) is 109 cm³/mol. The number of para-hydroxylation sites is 1. The molecule has 1 aliphatic heterocycles. The van der Waals surface area contributed by atoms with Crippen molar-refractivity contribution in [2.75, 3.05) is 6.61 Å². The van der Waals surface area contributed by atoms with Crippen LogP contribution in [0.2, 0.25) is 0 Å². The van der Waals surface area contributed by atoms with Crippen molar-refractivity contribution in [2.45, 2.75) is 62.7 Å². The molecule has 180 valence electrons. The monoisotopic (exact) mass is 466 g/mol. The lowest BCUT2D eigenvalue weighted by Crippen LogP contribution is -2.60. The van der Waals surface area contributed by atoms with Crippen LogP contribution in [0.5, 0.6) is 5.75 Å². The summed E-state index contributed by atoms with van der Waals surface area (Å²) < 4.78 is 21.1. The Morgan fingerprint density at radius 3 is 2.55 bits per heavy atom. The molecule has 11 heteroatoms. The second-order valence-electron chi connectivity index (χ2n) is 7.75. The average molecular weight is 466 g/mol. The van der Waals surface area contributed by atoms with E-state index in [4.69, 9.17) is 18.9 Å². The summed E-state index contributed by atoms with van der Waals surface area (Å²) in [6, 6.07) is 6.25. The summed E-state index contributed by atoms with van der Waals surface area (Å²) >= 11 is 0. The van der Waals surface area contributed by atoms with Crippen LogP contribution in [-0.2, 0) is 35.2 Å². The molecule has 3 rings (SSSR count). The molecule has 0 bridgehead atoms. The standard InChI is InChI=1S/C22H26O11/c1-12(23)30-11-15-17(25)18(26)19(27)20(33-15)32-14-7-3-2-6-13(14)10-31-21(28)22(29)9-5-4-8-16(22)24/h2-3,5-7,9,15,17-20,25-27,29H,4,8,10-11H2,1H3/t15-,17-,18+,19-,20-,22?/m0/s1. The lowest BCUT2D eigenvalue weighted by Gasteiger charge is -2.40. The Kier molecular flexibility index (Phi) is 7.82. The summed E-state index contributed by atoms with van der Waals surface area (Å²) in [5.74, 6) is -2.30. The van der Waals surface area contributed by atoms with E-state index in [1.807, 2.05) is 0 Å². The minimum atomic E-state index is -2.35. The van der Waals surface area contributed by atoms with Gasteiger partial charge in [-0.3, -0.25) is 9.59 Å². The predicted octanol–water partition coefficient (Wildman–Crippen LogP) is -0.870. The molecule has 1 aromatic carbocycles. The summed E-state index contributed by atoms with van der Waals surface area (Å²) in [4.78, 5) is 35.4. The summed E-state index contributed by atoms with van der Waals surface area (Å²) in [7, 11) is 0. The Balaban J connectivity index is 1.70. The first-order chi connectivity index (χ1) is 15.6. The van der Waals surface area contributed by atoms with E-state index in [-0.39, 0.29) is 25.4 Å². The van der Waals surface area contributed by atoms with Gasteiger partial charge in [-0.15, -0.1) is 0 Å². The van der Waals surface area contributed by atoms with Gasteiger partial charge in [0.15, 0.2) is 5.78 Å². The molecule has 0 spiro atoms. The number of hydrogen-bond donors (Lipinski definition) is 4. The normalized spacial score (nSPS) is 31.7. The van der Waals surface area contributed by atoms with E-state index >= 15 is 0 Å².